The van der Waals surface area contributed by atoms with E-state index in [0.29, 0.717) is 25.9 Å². The van der Waals surface area contributed by atoms with E-state index in [4.69, 9.17) is 4.74 Å². The Balaban J connectivity index is 1.48. The molecular formula is C28H31BrFN3O4S. The minimum Gasteiger partial charge on any atom is -0.383 e. The highest BCUT2D eigenvalue weighted by Crippen LogP contribution is 2.50. The van der Waals surface area contributed by atoms with Gasteiger partial charge in [0.1, 0.15) is 10.7 Å². The fourth-order valence-electron chi connectivity index (χ4n) is 6.48. The number of piperidine rings is 1. The van der Waals surface area contributed by atoms with Gasteiger partial charge in [-0.3, -0.25) is 4.79 Å². The summed E-state index contributed by atoms with van der Waals surface area (Å²) in [5.74, 6) is -0.427. The van der Waals surface area contributed by atoms with Gasteiger partial charge >= 0.3 is 0 Å². The zero-order valence-corrected chi connectivity index (χ0v) is 23.7. The second-order valence-corrected chi connectivity index (χ2v) is 13.6. The van der Waals surface area contributed by atoms with E-state index >= 15 is 0 Å². The fraction of sp³-hybridized carbons (Fsp3) is 0.464. The second kappa shape index (κ2) is 9.73. The van der Waals surface area contributed by atoms with Gasteiger partial charge in [-0.25, -0.2) is 12.8 Å². The number of aromatic nitrogens is 1. The van der Waals surface area contributed by atoms with E-state index in [1.807, 2.05) is 17.0 Å². The number of hydrogen-bond acceptors (Lipinski definition) is 4. The van der Waals surface area contributed by atoms with Crippen LogP contribution in [0.5, 0.6) is 0 Å². The van der Waals surface area contributed by atoms with Crippen molar-refractivity contribution >= 4 is 42.8 Å². The minimum atomic E-state index is -4.20. The Morgan fingerprint density at radius 2 is 1.92 bits per heavy atom. The Morgan fingerprint density at radius 1 is 1.18 bits per heavy atom. The Hall–Kier alpha value is -2.27. The number of sulfonamides is 1. The lowest BCUT2D eigenvalue weighted by Gasteiger charge is -2.50. The van der Waals surface area contributed by atoms with Crippen molar-refractivity contribution in [2.24, 2.45) is 5.92 Å². The number of carbonyl (C=O) groups excluding carboxylic acids is 1. The molecule has 2 aromatic carbocycles. The van der Waals surface area contributed by atoms with Crippen molar-refractivity contribution in [1.82, 2.24) is 14.2 Å². The van der Waals surface area contributed by atoms with Crippen molar-refractivity contribution in [2.45, 2.75) is 48.5 Å². The summed E-state index contributed by atoms with van der Waals surface area (Å²) in [7, 11) is -2.65. The first-order chi connectivity index (χ1) is 18.2. The molecule has 2 aliphatic heterocycles. The van der Waals surface area contributed by atoms with E-state index < -0.39 is 27.3 Å². The van der Waals surface area contributed by atoms with Crippen molar-refractivity contribution in [3.8, 4) is 0 Å². The summed E-state index contributed by atoms with van der Waals surface area (Å²) in [6.07, 6.45) is 4.27. The monoisotopic (exact) mass is 603 g/mol. The molecule has 1 spiro atoms. The van der Waals surface area contributed by atoms with E-state index in [-0.39, 0.29) is 29.9 Å². The Kier molecular flexibility index (Phi) is 6.65. The number of nitrogens with zero attached hydrogens (tertiary/aromatic N) is 2. The van der Waals surface area contributed by atoms with Gasteiger partial charge in [0, 0.05) is 59.1 Å². The standard InChI is InChI=1S/C28H31BrFN3O4S/c1-37-16-23-26-25(20-10-9-19(29)15-22(20)31-26)28(11-13-32(14-12-28)27(34)18-5-4-6-18)17-33(23)38(35,36)24-8-3-2-7-21(24)30/h2-3,7-10,15,18,23,31H,4-6,11-14,16-17H2,1H3. The predicted octanol–water partition coefficient (Wildman–Crippen LogP) is 5.12. The van der Waals surface area contributed by atoms with Crippen LogP contribution in [0, 0.1) is 11.7 Å². The summed E-state index contributed by atoms with van der Waals surface area (Å²) >= 11 is 3.55. The average Bonchev–Trinajstić information content (AvgIpc) is 3.25. The van der Waals surface area contributed by atoms with Gasteiger partial charge in [-0.05, 0) is 55.5 Å². The summed E-state index contributed by atoms with van der Waals surface area (Å²) in [6, 6.07) is 10.9. The summed E-state index contributed by atoms with van der Waals surface area (Å²) in [5, 5.41) is 1.05. The molecule has 202 valence electrons. The lowest BCUT2D eigenvalue weighted by Crippen LogP contribution is -2.56. The van der Waals surface area contributed by atoms with Gasteiger partial charge in [0.05, 0.1) is 12.6 Å². The molecular weight excluding hydrogens is 573 g/mol. The number of halogens is 2. The maximum atomic E-state index is 14.9. The molecule has 1 atom stereocenters. The molecule has 1 saturated carbocycles. The molecule has 0 bridgehead atoms. The van der Waals surface area contributed by atoms with Gasteiger partial charge in [0.25, 0.3) is 0 Å². The van der Waals surface area contributed by atoms with Crippen LogP contribution in [0.15, 0.2) is 51.8 Å². The van der Waals surface area contributed by atoms with Crippen LogP contribution in [0.2, 0.25) is 0 Å². The highest BCUT2D eigenvalue weighted by molar-refractivity contribution is 9.10. The molecule has 3 aromatic rings. The van der Waals surface area contributed by atoms with Crippen LogP contribution in [0.4, 0.5) is 4.39 Å². The minimum absolute atomic E-state index is 0.122. The first-order valence-electron chi connectivity index (χ1n) is 13.1. The van der Waals surface area contributed by atoms with Crippen molar-refractivity contribution in [1.29, 1.82) is 0 Å². The molecule has 1 N–H and O–H groups in total. The van der Waals surface area contributed by atoms with Gasteiger partial charge in [-0.15, -0.1) is 0 Å². The molecule has 1 saturated heterocycles. The van der Waals surface area contributed by atoms with Gasteiger partial charge in [0.2, 0.25) is 15.9 Å². The average molecular weight is 605 g/mol. The fourth-order valence-corrected chi connectivity index (χ4v) is 8.57. The van der Waals surface area contributed by atoms with E-state index in [1.54, 1.807) is 7.11 Å². The first kappa shape index (κ1) is 26.0. The highest BCUT2D eigenvalue weighted by atomic mass is 79.9. The smallest absolute Gasteiger partial charge is 0.246 e. The van der Waals surface area contributed by atoms with E-state index in [9.17, 15) is 17.6 Å². The number of fused-ring (bicyclic) bond motifs is 4. The van der Waals surface area contributed by atoms with Gasteiger partial charge in [0.15, 0.2) is 0 Å². The molecule has 6 rings (SSSR count). The number of carbonyl (C=O) groups is 1. The van der Waals surface area contributed by atoms with E-state index in [0.717, 1.165) is 45.9 Å². The number of likely N-dealkylation sites (tertiary alicyclic amines) is 1. The molecule has 3 heterocycles. The molecule has 1 unspecified atom stereocenters. The molecule has 1 aliphatic carbocycles. The maximum absolute atomic E-state index is 14.9. The first-order valence-corrected chi connectivity index (χ1v) is 15.3. The zero-order chi connectivity index (χ0) is 26.7. The Morgan fingerprint density at radius 3 is 2.58 bits per heavy atom. The molecule has 7 nitrogen and oxygen atoms in total. The summed E-state index contributed by atoms with van der Waals surface area (Å²) in [6.45, 7) is 1.46. The second-order valence-electron chi connectivity index (χ2n) is 10.8. The number of amides is 1. The molecule has 38 heavy (non-hydrogen) atoms. The van der Waals surface area contributed by atoms with Crippen molar-refractivity contribution < 1.29 is 22.3 Å². The van der Waals surface area contributed by atoms with Crippen LogP contribution >= 0.6 is 15.9 Å². The molecule has 2 fully saturated rings. The van der Waals surface area contributed by atoms with Gasteiger partial charge in [-0.1, -0.05) is 40.5 Å². The lowest BCUT2D eigenvalue weighted by molar-refractivity contribution is -0.140. The number of benzene rings is 2. The van der Waals surface area contributed by atoms with Crippen LogP contribution in [0.3, 0.4) is 0 Å². The summed E-state index contributed by atoms with van der Waals surface area (Å²) < 4.78 is 50.8. The predicted molar refractivity (Wildman–Crippen MR) is 146 cm³/mol. The molecule has 0 radical (unpaired) electrons. The number of ether oxygens (including phenoxy) is 1. The molecule has 1 amide bonds. The summed E-state index contributed by atoms with van der Waals surface area (Å²) in [4.78, 5) is 18.2. The Bertz CT molecular complexity index is 1490. The van der Waals surface area contributed by atoms with Crippen LogP contribution in [-0.2, 0) is 25.0 Å². The SMILES string of the molecule is COCC1c2[nH]c3cc(Br)ccc3c2C2(CCN(C(=O)C3CCC3)CC2)CN1S(=O)(=O)c1ccccc1F. The number of methoxy groups -OCH3 is 1. The largest absolute Gasteiger partial charge is 0.383 e. The van der Waals surface area contributed by atoms with Crippen LogP contribution in [0.1, 0.15) is 49.4 Å². The number of hydrogen-bond donors (Lipinski definition) is 1. The van der Waals surface area contributed by atoms with Gasteiger partial charge in [-0.2, -0.15) is 4.31 Å². The lowest BCUT2D eigenvalue weighted by atomic mass is 9.68. The topological polar surface area (TPSA) is 82.7 Å². The molecule has 10 heteroatoms. The summed E-state index contributed by atoms with van der Waals surface area (Å²) in [5.41, 5.74) is 2.26. The van der Waals surface area contributed by atoms with Crippen LogP contribution in [-0.4, -0.2) is 61.9 Å². The zero-order valence-electron chi connectivity index (χ0n) is 21.3. The number of nitrogens with one attached hydrogen (secondary N) is 1. The van der Waals surface area contributed by atoms with Gasteiger partial charge < -0.3 is 14.6 Å². The van der Waals surface area contributed by atoms with Crippen LogP contribution in [0.25, 0.3) is 10.9 Å². The number of aromatic amines is 1. The molecule has 3 aliphatic rings. The highest BCUT2D eigenvalue weighted by Gasteiger charge is 2.52. The maximum Gasteiger partial charge on any atom is 0.246 e. The van der Waals surface area contributed by atoms with Crippen molar-refractivity contribution in [2.75, 3.05) is 33.4 Å². The van der Waals surface area contributed by atoms with Crippen LogP contribution < -0.4 is 0 Å². The Labute approximate surface area is 230 Å². The van der Waals surface area contributed by atoms with E-state index in [1.165, 1.54) is 28.6 Å². The van der Waals surface area contributed by atoms with Crippen molar-refractivity contribution in [3.63, 3.8) is 0 Å². The number of rotatable bonds is 5. The quantitative estimate of drug-likeness (QED) is 0.439. The molecule has 1 aromatic heterocycles. The third kappa shape index (κ3) is 4.11. The third-order valence-electron chi connectivity index (χ3n) is 8.69. The van der Waals surface area contributed by atoms with Crippen molar-refractivity contribution in [3.05, 3.63) is 64.0 Å². The number of H-pyrrole nitrogens is 1. The normalized spacial score (nSPS) is 22.0. The third-order valence-corrected chi connectivity index (χ3v) is 11.1. The van der Waals surface area contributed by atoms with E-state index in [2.05, 4.69) is 27.0 Å².